The van der Waals surface area contributed by atoms with Gasteiger partial charge in [0.15, 0.2) is 11.5 Å². The highest BCUT2D eigenvalue weighted by Crippen LogP contribution is 2.40. The third-order valence-corrected chi connectivity index (χ3v) is 4.96. The van der Waals surface area contributed by atoms with Crippen LogP contribution in [0.1, 0.15) is 33.9 Å². The number of carbonyl (C=O) groups excluding carboxylic acids is 2. The second-order valence-electron chi connectivity index (χ2n) is 6.43. The van der Waals surface area contributed by atoms with Gasteiger partial charge in [-0.1, -0.05) is 12.1 Å². The van der Waals surface area contributed by atoms with E-state index in [0.717, 1.165) is 11.1 Å². The number of ether oxygens (including phenoxy) is 3. The largest absolute Gasteiger partial charge is 0.493 e. The summed E-state index contributed by atoms with van der Waals surface area (Å²) in [6.07, 6.45) is 0.507. The molecule has 148 valence electrons. The summed E-state index contributed by atoms with van der Waals surface area (Å²) in [5.41, 5.74) is 1.68. The number of carbonyl (C=O) groups is 2. The highest BCUT2D eigenvalue weighted by atomic mass is 19.1. The Morgan fingerprint density at radius 1 is 1.11 bits per heavy atom. The molecule has 1 amide bonds. The Morgan fingerprint density at radius 3 is 2.43 bits per heavy atom. The van der Waals surface area contributed by atoms with Gasteiger partial charge in [0.1, 0.15) is 5.82 Å². The molecule has 0 spiro atoms. The van der Waals surface area contributed by atoms with Crippen molar-refractivity contribution in [1.82, 2.24) is 4.90 Å². The Labute approximate surface area is 162 Å². The molecule has 7 heteroatoms. The van der Waals surface area contributed by atoms with Gasteiger partial charge < -0.3 is 19.1 Å². The van der Waals surface area contributed by atoms with Gasteiger partial charge in [0.25, 0.3) is 5.91 Å². The van der Waals surface area contributed by atoms with Crippen molar-refractivity contribution >= 4 is 11.9 Å². The summed E-state index contributed by atoms with van der Waals surface area (Å²) < 4.78 is 29.7. The summed E-state index contributed by atoms with van der Waals surface area (Å²) in [6.45, 7) is 0.345. The minimum atomic E-state index is -0.595. The SMILES string of the molecule is COC(=O)C[C@@H]1c2cc(OC)c(OC)cc2CCN1C(=O)c1ccccc1F. The van der Waals surface area contributed by atoms with E-state index >= 15 is 0 Å². The molecule has 1 heterocycles. The average Bonchev–Trinajstić information content (AvgIpc) is 2.72. The number of rotatable bonds is 5. The van der Waals surface area contributed by atoms with Crippen molar-refractivity contribution < 1.29 is 28.2 Å². The van der Waals surface area contributed by atoms with Gasteiger partial charge >= 0.3 is 5.97 Å². The van der Waals surface area contributed by atoms with Crippen molar-refractivity contribution in [3.8, 4) is 11.5 Å². The van der Waals surface area contributed by atoms with Crippen LogP contribution in [-0.2, 0) is 16.0 Å². The van der Waals surface area contributed by atoms with E-state index in [-0.39, 0.29) is 12.0 Å². The fourth-order valence-corrected chi connectivity index (χ4v) is 3.52. The lowest BCUT2D eigenvalue weighted by atomic mass is 9.89. The molecule has 6 nitrogen and oxygen atoms in total. The molecule has 0 saturated carbocycles. The van der Waals surface area contributed by atoms with Crippen molar-refractivity contribution in [2.24, 2.45) is 0 Å². The van der Waals surface area contributed by atoms with Crippen molar-refractivity contribution in [3.05, 3.63) is 58.9 Å². The molecule has 0 aliphatic carbocycles. The maximum atomic E-state index is 14.2. The number of hydrogen-bond acceptors (Lipinski definition) is 5. The maximum Gasteiger partial charge on any atom is 0.307 e. The van der Waals surface area contributed by atoms with Crippen LogP contribution in [0.15, 0.2) is 36.4 Å². The molecule has 0 fully saturated rings. The van der Waals surface area contributed by atoms with Gasteiger partial charge in [0.2, 0.25) is 0 Å². The predicted octanol–water partition coefficient (Wildman–Crippen LogP) is 3.15. The first-order chi connectivity index (χ1) is 13.5. The minimum Gasteiger partial charge on any atom is -0.493 e. The second-order valence-corrected chi connectivity index (χ2v) is 6.43. The van der Waals surface area contributed by atoms with Crippen LogP contribution in [0.5, 0.6) is 11.5 Å². The first kappa shape index (κ1) is 19.7. The number of nitrogens with zero attached hydrogens (tertiary/aromatic N) is 1. The van der Waals surface area contributed by atoms with Gasteiger partial charge in [-0.05, 0) is 41.8 Å². The van der Waals surface area contributed by atoms with Crippen LogP contribution in [0.3, 0.4) is 0 Å². The van der Waals surface area contributed by atoms with Gasteiger partial charge in [-0.15, -0.1) is 0 Å². The van der Waals surface area contributed by atoms with E-state index in [2.05, 4.69) is 0 Å². The summed E-state index contributed by atoms with van der Waals surface area (Å²) in [5, 5.41) is 0. The standard InChI is InChI=1S/C21H22FNO5/c1-26-18-10-13-8-9-23(21(25)14-6-4-5-7-16(14)22)17(12-20(24)28-3)15(13)11-19(18)27-2/h4-7,10-11,17H,8-9,12H2,1-3H3/t17-/m1/s1. The van der Waals surface area contributed by atoms with Gasteiger partial charge in [-0.3, -0.25) is 9.59 Å². The Bertz CT molecular complexity index is 898. The van der Waals surface area contributed by atoms with Crippen LogP contribution in [0.25, 0.3) is 0 Å². The number of amides is 1. The zero-order valence-electron chi connectivity index (χ0n) is 16.0. The number of hydrogen-bond donors (Lipinski definition) is 0. The van der Waals surface area contributed by atoms with Crippen molar-refractivity contribution in [2.75, 3.05) is 27.9 Å². The quantitative estimate of drug-likeness (QED) is 0.738. The van der Waals surface area contributed by atoms with Crippen molar-refractivity contribution in [1.29, 1.82) is 0 Å². The molecule has 0 unspecified atom stereocenters. The van der Waals surface area contributed by atoms with Crippen LogP contribution in [0.4, 0.5) is 4.39 Å². The minimum absolute atomic E-state index is 0.0266. The lowest BCUT2D eigenvalue weighted by Crippen LogP contribution is -2.41. The monoisotopic (exact) mass is 387 g/mol. The van der Waals surface area contributed by atoms with Crippen molar-refractivity contribution in [2.45, 2.75) is 18.9 Å². The van der Waals surface area contributed by atoms with Gasteiger partial charge in [-0.25, -0.2) is 4.39 Å². The Morgan fingerprint density at radius 2 is 1.79 bits per heavy atom. The predicted molar refractivity (Wildman–Crippen MR) is 100 cm³/mol. The summed E-state index contributed by atoms with van der Waals surface area (Å²) in [5.74, 6) is -0.447. The normalized spacial score (nSPS) is 15.6. The van der Waals surface area contributed by atoms with E-state index in [0.29, 0.717) is 24.5 Å². The lowest BCUT2D eigenvalue weighted by Gasteiger charge is -2.37. The molecule has 0 N–H and O–H groups in total. The Balaban J connectivity index is 2.06. The van der Waals surface area contributed by atoms with Crippen LogP contribution in [0.2, 0.25) is 0 Å². The summed E-state index contributed by atoms with van der Waals surface area (Å²) in [7, 11) is 4.36. The van der Waals surface area contributed by atoms with Crippen molar-refractivity contribution in [3.63, 3.8) is 0 Å². The number of halogens is 1. The fourth-order valence-electron chi connectivity index (χ4n) is 3.52. The summed E-state index contributed by atoms with van der Waals surface area (Å²) >= 11 is 0. The third kappa shape index (κ3) is 3.65. The van der Waals surface area contributed by atoms with Gasteiger partial charge in [0.05, 0.1) is 39.4 Å². The van der Waals surface area contributed by atoms with E-state index in [1.165, 1.54) is 37.3 Å². The lowest BCUT2D eigenvalue weighted by molar-refractivity contribution is -0.141. The first-order valence-electron chi connectivity index (χ1n) is 8.87. The molecule has 3 rings (SSSR count). The molecule has 0 radical (unpaired) electrons. The molecule has 0 bridgehead atoms. The number of esters is 1. The summed E-state index contributed by atoms with van der Waals surface area (Å²) in [4.78, 5) is 26.6. The highest BCUT2D eigenvalue weighted by molar-refractivity contribution is 5.95. The summed E-state index contributed by atoms with van der Waals surface area (Å²) in [6, 6.07) is 8.85. The van der Waals surface area contributed by atoms with E-state index in [1.54, 1.807) is 19.2 Å². The third-order valence-electron chi connectivity index (χ3n) is 4.96. The molecular weight excluding hydrogens is 365 g/mol. The van der Waals surface area contributed by atoms with Crippen LogP contribution in [0, 0.1) is 5.82 Å². The molecule has 0 saturated heterocycles. The van der Waals surface area contributed by atoms with Crippen LogP contribution >= 0.6 is 0 Å². The molecule has 1 aliphatic heterocycles. The maximum absolute atomic E-state index is 14.2. The number of benzene rings is 2. The zero-order chi connectivity index (χ0) is 20.3. The average molecular weight is 387 g/mol. The molecular formula is C21H22FNO5. The molecule has 2 aromatic carbocycles. The Hall–Kier alpha value is -3.09. The smallest absolute Gasteiger partial charge is 0.307 e. The number of fused-ring (bicyclic) bond motifs is 1. The molecule has 0 aromatic heterocycles. The molecule has 2 aromatic rings. The molecule has 1 atom stereocenters. The first-order valence-corrected chi connectivity index (χ1v) is 8.87. The fraction of sp³-hybridized carbons (Fsp3) is 0.333. The van der Waals surface area contributed by atoms with E-state index in [4.69, 9.17) is 14.2 Å². The van der Waals surface area contributed by atoms with E-state index in [9.17, 15) is 14.0 Å². The van der Waals surface area contributed by atoms with E-state index in [1.807, 2.05) is 6.07 Å². The molecule has 1 aliphatic rings. The topological polar surface area (TPSA) is 65.1 Å². The number of methoxy groups -OCH3 is 3. The zero-order valence-corrected chi connectivity index (χ0v) is 16.0. The van der Waals surface area contributed by atoms with Gasteiger partial charge in [-0.2, -0.15) is 0 Å². The Kier molecular flexibility index (Phi) is 5.82. The van der Waals surface area contributed by atoms with Gasteiger partial charge in [0, 0.05) is 6.54 Å². The second kappa shape index (κ2) is 8.29. The van der Waals surface area contributed by atoms with E-state index < -0.39 is 23.7 Å². The van der Waals surface area contributed by atoms with Crippen LogP contribution in [-0.4, -0.2) is 44.7 Å². The van der Waals surface area contributed by atoms with Crippen LogP contribution < -0.4 is 9.47 Å². The highest BCUT2D eigenvalue weighted by Gasteiger charge is 2.35. The molecule has 28 heavy (non-hydrogen) atoms.